The van der Waals surface area contributed by atoms with Gasteiger partial charge >= 0.3 is 6.18 Å². The van der Waals surface area contributed by atoms with Crippen molar-refractivity contribution in [3.05, 3.63) is 17.7 Å². The average Bonchev–Trinajstić information content (AvgIpc) is 2.46. The van der Waals surface area contributed by atoms with Gasteiger partial charge < -0.3 is 10.7 Å². The van der Waals surface area contributed by atoms with Gasteiger partial charge in [0, 0.05) is 11.3 Å². The lowest BCUT2D eigenvalue weighted by molar-refractivity contribution is -0.137. The van der Waals surface area contributed by atoms with Crippen molar-refractivity contribution < 1.29 is 13.2 Å². The van der Waals surface area contributed by atoms with Crippen LogP contribution in [-0.2, 0) is 6.18 Å². The van der Waals surface area contributed by atoms with Crippen LogP contribution in [0, 0.1) is 0 Å². The highest BCUT2D eigenvalue weighted by atomic mass is 32.2. The fraction of sp³-hybridized carbons (Fsp3) is 0.615. The van der Waals surface area contributed by atoms with Crippen LogP contribution in [0.2, 0.25) is 0 Å². The van der Waals surface area contributed by atoms with Gasteiger partial charge in [0.2, 0.25) is 0 Å². The van der Waals surface area contributed by atoms with Gasteiger partial charge in [-0.1, -0.05) is 6.42 Å². The number of nitrogens with two attached hydrogens (primary N) is 1. The average molecular weight is 320 g/mol. The summed E-state index contributed by atoms with van der Waals surface area (Å²) in [5, 5.41) is 3.66. The van der Waals surface area contributed by atoms with Crippen LogP contribution in [0.1, 0.15) is 31.2 Å². The number of hydrogen-bond donors (Lipinski definition) is 3. The van der Waals surface area contributed by atoms with Crippen molar-refractivity contribution in [2.75, 3.05) is 17.0 Å². The first kappa shape index (κ1) is 16.2. The summed E-state index contributed by atoms with van der Waals surface area (Å²) >= 11 is 1.80. The number of rotatable bonds is 4. The lowest BCUT2D eigenvalue weighted by Gasteiger charge is -2.29. The van der Waals surface area contributed by atoms with Crippen LogP contribution in [0.25, 0.3) is 0 Å². The van der Waals surface area contributed by atoms with E-state index >= 15 is 0 Å². The highest BCUT2D eigenvalue weighted by molar-refractivity contribution is 7.99. The molecule has 0 aliphatic heterocycles. The molecule has 0 saturated heterocycles. The number of nitrogens with one attached hydrogen (secondary N) is 2. The van der Waals surface area contributed by atoms with E-state index in [0.29, 0.717) is 5.25 Å². The number of halogens is 3. The van der Waals surface area contributed by atoms with E-state index in [1.165, 1.54) is 0 Å². The van der Waals surface area contributed by atoms with E-state index in [-0.39, 0.29) is 17.7 Å². The molecular weight excluding hydrogens is 301 g/mol. The number of hydrogen-bond acceptors (Lipinski definition) is 5. The fourth-order valence-electron chi connectivity index (χ4n) is 2.54. The molecule has 1 saturated carbocycles. The minimum Gasteiger partial charge on any atom is -0.367 e. The highest BCUT2D eigenvalue weighted by Crippen LogP contribution is 2.33. The summed E-state index contributed by atoms with van der Waals surface area (Å²) in [5.74, 6) is 5.41. The van der Waals surface area contributed by atoms with Gasteiger partial charge in [0.1, 0.15) is 11.6 Å². The van der Waals surface area contributed by atoms with Crippen LogP contribution in [0.3, 0.4) is 0 Å². The fourth-order valence-corrected chi connectivity index (χ4v) is 3.37. The third kappa shape index (κ3) is 4.41. The first-order valence-electron chi connectivity index (χ1n) is 6.77. The standard InChI is InChI=1S/C13H19F3N4S/c1-21-10-4-2-3-9(7-10)18-11-5-8(13(14,15)16)6-12(19-11)20-17/h5-6,9-10H,2-4,7,17H2,1H3,(H2,18,19,20). The largest absolute Gasteiger partial charge is 0.416 e. The second kappa shape index (κ2) is 6.74. The number of aromatic nitrogens is 1. The number of anilines is 2. The van der Waals surface area contributed by atoms with Crippen molar-refractivity contribution in [3.63, 3.8) is 0 Å². The molecule has 21 heavy (non-hydrogen) atoms. The molecule has 1 aromatic rings. The van der Waals surface area contributed by atoms with E-state index in [1.54, 1.807) is 11.8 Å². The summed E-state index contributed by atoms with van der Waals surface area (Å²) < 4.78 is 38.6. The molecule has 2 atom stereocenters. The third-order valence-corrected chi connectivity index (χ3v) is 4.71. The minimum absolute atomic E-state index is 0.00421. The number of pyridine rings is 1. The zero-order valence-electron chi connectivity index (χ0n) is 11.7. The van der Waals surface area contributed by atoms with Gasteiger partial charge in [0.05, 0.1) is 5.56 Å². The highest BCUT2D eigenvalue weighted by Gasteiger charge is 2.32. The second-order valence-corrected chi connectivity index (χ2v) is 6.27. The first-order valence-corrected chi connectivity index (χ1v) is 8.06. The molecule has 0 amide bonds. The van der Waals surface area contributed by atoms with Gasteiger partial charge in [-0.25, -0.2) is 10.8 Å². The lowest BCUT2D eigenvalue weighted by atomic mass is 9.95. The Morgan fingerprint density at radius 1 is 1.29 bits per heavy atom. The summed E-state index contributed by atoms with van der Waals surface area (Å²) in [6.07, 6.45) is 1.76. The summed E-state index contributed by atoms with van der Waals surface area (Å²) in [6, 6.07) is 2.08. The smallest absolute Gasteiger partial charge is 0.367 e. The number of nitrogen functional groups attached to an aromatic ring is 1. The molecule has 8 heteroatoms. The number of hydrazine groups is 1. The van der Waals surface area contributed by atoms with Gasteiger partial charge in [0.25, 0.3) is 0 Å². The topological polar surface area (TPSA) is 63.0 Å². The Morgan fingerprint density at radius 2 is 2.00 bits per heavy atom. The minimum atomic E-state index is -4.42. The Hall–Kier alpha value is -1.15. The molecule has 2 unspecified atom stereocenters. The van der Waals surface area contributed by atoms with Crippen molar-refractivity contribution in [2.45, 2.75) is 43.2 Å². The third-order valence-electron chi connectivity index (χ3n) is 3.61. The van der Waals surface area contributed by atoms with E-state index in [1.807, 2.05) is 0 Å². The monoisotopic (exact) mass is 320 g/mol. The Labute approximate surface area is 126 Å². The van der Waals surface area contributed by atoms with E-state index in [2.05, 4.69) is 22.0 Å². The molecule has 0 aromatic carbocycles. The lowest BCUT2D eigenvalue weighted by Crippen LogP contribution is -2.29. The van der Waals surface area contributed by atoms with Crippen LogP contribution < -0.4 is 16.6 Å². The van der Waals surface area contributed by atoms with E-state index in [9.17, 15) is 13.2 Å². The van der Waals surface area contributed by atoms with Crippen LogP contribution in [-0.4, -0.2) is 22.5 Å². The number of nitrogens with zero attached hydrogens (tertiary/aromatic N) is 1. The van der Waals surface area contributed by atoms with Crippen LogP contribution in [0.5, 0.6) is 0 Å². The van der Waals surface area contributed by atoms with Crippen LogP contribution in [0.4, 0.5) is 24.8 Å². The molecule has 1 aliphatic carbocycles. The molecule has 2 rings (SSSR count). The SMILES string of the molecule is CSC1CCCC(Nc2cc(C(F)(F)F)cc(NN)n2)C1. The number of alkyl halides is 3. The molecule has 1 aliphatic rings. The molecule has 0 bridgehead atoms. The van der Waals surface area contributed by atoms with Gasteiger partial charge in [-0.3, -0.25) is 0 Å². The van der Waals surface area contributed by atoms with Crippen molar-refractivity contribution in [2.24, 2.45) is 5.84 Å². The van der Waals surface area contributed by atoms with Crippen molar-refractivity contribution in [3.8, 4) is 0 Å². The quantitative estimate of drug-likeness (QED) is 0.586. The zero-order valence-corrected chi connectivity index (χ0v) is 12.5. The van der Waals surface area contributed by atoms with Crippen molar-refractivity contribution in [1.29, 1.82) is 0 Å². The molecule has 1 aromatic heterocycles. The maximum atomic E-state index is 12.9. The summed E-state index contributed by atoms with van der Waals surface area (Å²) in [5.41, 5.74) is 1.42. The Balaban J connectivity index is 2.15. The van der Waals surface area contributed by atoms with Gasteiger partial charge in [-0.05, 0) is 37.7 Å². The maximum Gasteiger partial charge on any atom is 0.416 e. The predicted molar refractivity (Wildman–Crippen MR) is 80.2 cm³/mol. The Morgan fingerprint density at radius 3 is 2.62 bits per heavy atom. The molecule has 4 N–H and O–H groups in total. The molecule has 1 heterocycles. The number of thioether (sulfide) groups is 1. The van der Waals surface area contributed by atoms with Gasteiger partial charge in [-0.2, -0.15) is 24.9 Å². The van der Waals surface area contributed by atoms with Crippen molar-refractivity contribution in [1.82, 2.24) is 4.98 Å². The van der Waals surface area contributed by atoms with Gasteiger partial charge in [-0.15, -0.1) is 0 Å². The van der Waals surface area contributed by atoms with Crippen LogP contribution in [0.15, 0.2) is 12.1 Å². The maximum absolute atomic E-state index is 12.9. The van der Waals surface area contributed by atoms with E-state index in [0.717, 1.165) is 37.8 Å². The molecule has 0 radical (unpaired) electrons. The molecular formula is C13H19F3N4S. The molecule has 4 nitrogen and oxygen atoms in total. The molecule has 1 fully saturated rings. The van der Waals surface area contributed by atoms with Gasteiger partial charge in [0.15, 0.2) is 0 Å². The van der Waals surface area contributed by atoms with E-state index in [4.69, 9.17) is 5.84 Å². The second-order valence-electron chi connectivity index (χ2n) is 5.13. The predicted octanol–water partition coefficient (Wildman–Crippen LogP) is 3.47. The summed E-state index contributed by atoms with van der Waals surface area (Å²) in [7, 11) is 0. The van der Waals surface area contributed by atoms with E-state index < -0.39 is 11.7 Å². The van der Waals surface area contributed by atoms with Crippen molar-refractivity contribution >= 4 is 23.4 Å². The summed E-state index contributed by atoms with van der Waals surface area (Å²) in [6.45, 7) is 0. The Bertz CT molecular complexity index is 481. The first-order chi connectivity index (χ1) is 9.92. The Kier molecular flexibility index (Phi) is 5.21. The zero-order chi connectivity index (χ0) is 15.5. The normalized spacial score (nSPS) is 22.9. The molecule has 118 valence electrons. The summed E-state index contributed by atoms with van der Waals surface area (Å²) in [4.78, 5) is 4.06. The molecule has 0 spiro atoms. The van der Waals surface area contributed by atoms with Crippen LogP contribution >= 0.6 is 11.8 Å².